The second-order valence-corrected chi connectivity index (χ2v) is 4.80. The van der Waals surface area contributed by atoms with Crippen LogP contribution in [0, 0.1) is 5.82 Å². The molecular weight excluding hydrogens is 215 g/mol. The molecule has 1 heterocycles. The minimum absolute atomic E-state index is 0.0790. The molecule has 2 aromatic rings. The van der Waals surface area contributed by atoms with Crippen molar-refractivity contribution >= 4 is 33.2 Å². The fourth-order valence-electron chi connectivity index (χ4n) is 1.62. The lowest BCUT2D eigenvalue weighted by Crippen LogP contribution is -1.86. The summed E-state index contributed by atoms with van der Waals surface area (Å²) in [5.41, 5.74) is 1.24. The molecule has 14 heavy (non-hydrogen) atoms. The van der Waals surface area contributed by atoms with Crippen molar-refractivity contribution in [3.8, 4) is 0 Å². The van der Waals surface area contributed by atoms with Crippen molar-refractivity contribution in [3.63, 3.8) is 0 Å². The van der Waals surface area contributed by atoms with Gasteiger partial charge in [-0.2, -0.15) is 0 Å². The molecule has 0 saturated carbocycles. The van der Waals surface area contributed by atoms with E-state index < -0.39 is 0 Å². The number of rotatable bonds is 2. The van der Waals surface area contributed by atoms with Gasteiger partial charge in [0, 0.05) is 20.4 Å². The highest BCUT2D eigenvalue weighted by Crippen LogP contribution is 2.35. The van der Waals surface area contributed by atoms with Crippen molar-refractivity contribution in [1.82, 2.24) is 0 Å². The van der Waals surface area contributed by atoms with Gasteiger partial charge in [-0.3, -0.25) is 0 Å². The Morgan fingerprint density at radius 2 is 2.21 bits per heavy atom. The topological polar surface area (TPSA) is 0 Å². The Labute approximate surface area is 91.1 Å². The number of hydrogen-bond donors (Lipinski definition) is 0. The maximum Gasteiger partial charge on any atom is 0.142 e. The summed E-state index contributed by atoms with van der Waals surface area (Å²) >= 11 is 3.11. The maximum atomic E-state index is 13.5. The minimum Gasteiger partial charge on any atom is -0.205 e. The molecule has 3 heteroatoms. The molecule has 0 bridgehead atoms. The molecule has 1 aromatic carbocycles. The van der Waals surface area contributed by atoms with Crippen LogP contribution < -0.4 is 0 Å². The predicted molar refractivity (Wildman–Crippen MR) is 62.9 cm³/mol. The van der Waals surface area contributed by atoms with Crippen LogP contribution in [0.25, 0.3) is 10.1 Å². The third-order valence-corrected chi connectivity index (χ3v) is 4.11. The van der Waals surface area contributed by atoms with Crippen molar-refractivity contribution in [3.05, 3.63) is 28.9 Å². The summed E-state index contributed by atoms with van der Waals surface area (Å²) in [4.78, 5) is 1.10. The average Bonchev–Trinajstić information content (AvgIpc) is 2.59. The van der Waals surface area contributed by atoms with Crippen LogP contribution in [-0.4, -0.2) is 6.26 Å². The van der Waals surface area contributed by atoms with Crippen LogP contribution in [0.2, 0.25) is 0 Å². The molecule has 0 aliphatic carbocycles. The second-order valence-electron chi connectivity index (χ2n) is 3.07. The monoisotopic (exact) mass is 226 g/mol. The zero-order valence-corrected chi connectivity index (χ0v) is 9.77. The number of halogens is 1. The Hall–Kier alpha value is -0.540. The van der Waals surface area contributed by atoms with Crippen LogP contribution in [0.5, 0.6) is 0 Å². The van der Waals surface area contributed by atoms with Gasteiger partial charge in [0.25, 0.3) is 0 Å². The Balaban J connectivity index is 2.81. The first kappa shape index (κ1) is 9.99. The lowest BCUT2D eigenvalue weighted by Gasteiger charge is -2.06. The Morgan fingerprint density at radius 1 is 1.43 bits per heavy atom. The van der Waals surface area contributed by atoms with Crippen LogP contribution in [0.15, 0.2) is 22.4 Å². The molecule has 0 nitrogen and oxygen atoms in total. The lowest BCUT2D eigenvalue weighted by molar-refractivity contribution is 0.642. The first-order valence-corrected chi connectivity index (χ1v) is 6.61. The number of fused-ring (bicyclic) bond motifs is 1. The smallest absolute Gasteiger partial charge is 0.142 e. The molecule has 0 saturated heterocycles. The number of thioether (sulfide) groups is 1. The van der Waals surface area contributed by atoms with Crippen LogP contribution in [0.4, 0.5) is 4.39 Å². The van der Waals surface area contributed by atoms with Crippen molar-refractivity contribution in [1.29, 1.82) is 0 Å². The number of hydrogen-bond acceptors (Lipinski definition) is 2. The molecule has 0 aliphatic rings. The second kappa shape index (κ2) is 3.91. The third kappa shape index (κ3) is 1.44. The van der Waals surface area contributed by atoms with Gasteiger partial charge in [0.1, 0.15) is 5.82 Å². The summed E-state index contributed by atoms with van der Waals surface area (Å²) in [5.74, 6) is -0.0790. The summed E-state index contributed by atoms with van der Waals surface area (Å²) in [5, 5.41) is 2.39. The molecule has 0 fully saturated rings. The van der Waals surface area contributed by atoms with Crippen LogP contribution in [0.1, 0.15) is 12.5 Å². The zero-order chi connectivity index (χ0) is 10.1. The Kier molecular flexibility index (Phi) is 2.79. The molecular formula is C11H11FS2. The number of aryl methyl sites for hydroxylation is 1. The van der Waals surface area contributed by atoms with Crippen LogP contribution >= 0.6 is 23.1 Å². The van der Waals surface area contributed by atoms with E-state index >= 15 is 0 Å². The molecule has 0 unspecified atom stereocenters. The fraction of sp³-hybridized carbons (Fsp3) is 0.273. The SMILES string of the molecule is CCc1ccc2scc(F)c2c1SC. The van der Waals surface area contributed by atoms with Gasteiger partial charge in [0.15, 0.2) is 0 Å². The van der Waals surface area contributed by atoms with E-state index in [2.05, 4.69) is 13.0 Å². The molecule has 74 valence electrons. The highest BCUT2D eigenvalue weighted by molar-refractivity contribution is 7.98. The third-order valence-electron chi connectivity index (χ3n) is 2.31. The predicted octanol–water partition coefficient (Wildman–Crippen LogP) is 4.32. The molecule has 2 rings (SSSR count). The summed E-state index contributed by atoms with van der Waals surface area (Å²) < 4.78 is 14.6. The van der Waals surface area contributed by atoms with Gasteiger partial charge in [-0.1, -0.05) is 13.0 Å². The van der Waals surface area contributed by atoms with Gasteiger partial charge in [-0.25, -0.2) is 4.39 Å². The first-order chi connectivity index (χ1) is 6.77. The van der Waals surface area contributed by atoms with Gasteiger partial charge in [0.2, 0.25) is 0 Å². The normalized spacial score (nSPS) is 11.1. The van der Waals surface area contributed by atoms with Crippen molar-refractivity contribution < 1.29 is 4.39 Å². The summed E-state index contributed by atoms with van der Waals surface area (Å²) in [6.07, 6.45) is 2.96. The van der Waals surface area contributed by atoms with Crippen LogP contribution in [0.3, 0.4) is 0 Å². The van der Waals surface area contributed by atoms with E-state index in [0.29, 0.717) is 0 Å². The number of benzene rings is 1. The summed E-state index contributed by atoms with van der Waals surface area (Å²) in [7, 11) is 0. The van der Waals surface area contributed by atoms with Crippen molar-refractivity contribution in [2.45, 2.75) is 18.2 Å². The van der Waals surface area contributed by atoms with E-state index in [4.69, 9.17) is 0 Å². The molecule has 0 N–H and O–H groups in total. The van der Waals surface area contributed by atoms with Crippen LogP contribution in [-0.2, 0) is 6.42 Å². The van der Waals surface area contributed by atoms with E-state index in [-0.39, 0.29) is 5.82 Å². The molecule has 0 radical (unpaired) electrons. The Bertz CT molecular complexity index is 460. The standard InChI is InChI=1S/C11H11FS2/c1-3-7-4-5-9-10(11(7)13-2)8(12)6-14-9/h4-6H,3H2,1-2H3. The minimum atomic E-state index is -0.0790. The lowest BCUT2D eigenvalue weighted by atomic mass is 10.1. The molecule has 0 amide bonds. The van der Waals surface area contributed by atoms with Gasteiger partial charge in [-0.15, -0.1) is 23.1 Å². The van der Waals surface area contributed by atoms with E-state index in [9.17, 15) is 4.39 Å². The quantitative estimate of drug-likeness (QED) is 0.687. The van der Waals surface area contributed by atoms with Gasteiger partial charge in [-0.05, 0) is 24.3 Å². The van der Waals surface area contributed by atoms with E-state index in [1.54, 1.807) is 17.1 Å². The zero-order valence-electron chi connectivity index (χ0n) is 8.13. The Morgan fingerprint density at radius 3 is 2.86 bits per heavy atom. The fourth-order valence-corrected chi connectivity index (χ4v) is 3.38. The van der Waals surface area contributed by atoms with E-state index in [1.807, 2.05) is 12.3 Å². The maximum absolute atomic E-state index is 13.5. The van der Waals surface area contributed by atoms with E-state index in [1.165, 1.54) is 16.9 Å². The van der Waals surface area contributed by atoms with E-state index in [0.717, 1.165) is 21.4 Å². The summed E-state index contributed by atoms with van der Waals surface area (Å²) in [6, 6.07) is 4.12. The van der Waals surface area contributed by atoms with Gasteiger partial charge >= 0.3 is 0 Å². The largest absolute Gasteiger partial charge is 0.205 e. The van der Waals surface area contributed by atoms with Crippen molar-refractivity contribution in [2.24, 2.45) is 0 Å². The van der Waals surface area contributed by atoms with Gasteiger partial charge in [0.05, 0.1) is 0 Å². The molecule has 0 atom stereocenters. The molecule has 0 spiro atoms. The molecule has 0 aliphatic heterocycles. The first-order valence-electron chi connectivity index (χ1n) is 4.50. The highest BCUT2D eigenvalue weighted by atomic mass is 32.2. The summed E-state index contributed by atoms with van der Waals surface area (Å²) in [6.45, 7) is 2.10. The highest BCUT2D eigenvalue weighted by Gasteiger charge is 2.11. The number of thiophene rings is 1. The molecule has 1 aromatic heterocycles. The van der Waals surface area contributed by atoms with Gasteiger partial charge < -0.3 is 0 Å². The average molecular weight is 226 g/mol. The van der Waals surface area contributed by atoms with Crippen molar-refractivity contribution in [2.75, 3.05) is 6.26 Å².